The van der Waals surface area contributed by atoms with Crippen LogP contribution < -0.4 is 29.3 Å². The van der Waals surface area contributed by atoms with E-state index in [1.54, 1.807) is 13.2 Å². The monoisotopic (exact) mass is 698 g/mol. The van der Waals surface area contributed by atoms with Crippen LogP contribution in [-0.2, 0) is 16.4 Å². The Morgan fingerprint density at radius 3 is 2.52 bits per heavy atom. The predicted molar refractivity (Wildman–Crippen MR) is 194 cm³/mol. The lowest BCUT2D eigenvalue weighted by atomic mass is 9.96. The van der Waals surface area contributed by atoms with Gasteiger partial charge in [-0.25, -0.2) is 13.4 Å². The van der Waals surface area contributed by atoms with Gasteiger partial charge in [-0.3, -0.25) is 9.21 Å². The molecular formula is C34H47ClN8O4S. The molecular weight excluding hydrogens is 652 g/mol. The summed E-state index contributed by atoms with van der Waals surface area (Å²) in [7, 11) is 4.04. The van der Waals surface area contributed by atoms with E-state index in [1.165, 1.54) is 48.9 Å². The molecule has 0 spiro atoms. The second-order valence-electron chi connectivity index (χ2n) is 13.3. The minimum absolute atomic E-state index is 0.276. The van der Waals surface area contributed by atoms with E-state index in [0.717, 1.165) is 49.3 Å². The van der Waals surface area contributed by atoms with E-state index < -0.39 is 10.0 Å². The van der Waals surface area contributed by atoms with Gasteiger partial charge in [-0.05, 0) is 76.5 Å². The quantitative estimate of drug-likeness (QED) is 0.289. The molecule has 2 N–H and O–H groups in total. The van der Waals surface area contributed by atoms with Crippen molar-refractivity contribution in [3.05, 3.63) is 46.6 Å². The zero-order chi connectivity index (χ0) is 34.2. The molecule has 2 fully saturated rings. The van der Waals surface area contributed by atoms with E-state index in [-0.39, 0.29) is 5.02 Å². The number of benzene rings is 2. The summed E-state index contributed by atoms with van der Waals surface area (Å²) in [5.41, 5.74) is 4.93. The SMILES string of the molecule is COc1cc(N2CCC(N3CCCC(N(C)C)C3)CC2)c(C)cc1Nc1ncc(Cl)c(Nc2cc3c(cc2N(C)S(C)(=O)=O)CCO3)n1. The fraction of sp³-hybridized carbons (Fsp3) is 0.529. The van der Waals surface area contributed by atoms with Crippen molar-refractivity contribution in [3.8, 4) is 11.5 Å². The van der Waals surface area contributed by atoms with Gasteiger partial charge in [-0.1, -0.05) is 11.6 Å². The third-order valence-corrected chi connectivity index (χ3v) is 11.4. The van der Waals surface area contributed by atoms with E-state index in [9.17, 15) is 8.42 Å². The van der Waals surface area contributed by atoms with Gasteiger partial charge in [0, 0.05) is 63.0 Å². The van der Waals surface area contributed by atoms with Crippen LogP contribution >= 0.6 is 11.6 Å². The van der Waals surface area contributed by atoms with Crippen LogP contribution in [0.25, 0.3) is 0 Å². The number of hydrogen-bond donors (Lipinski definition) is 2. The maximum Gasteiger partial charge on any atom is 0.232 e. The molecule has 48 heavy (non-hydrogen) atoms. The largest absolute Gasteiger partial charge is 0.494 e. The van der Waals surface area contributed by atoms with Crippen LogP contribution in [0.2, 0.25) is 5.02 Å². The number of ether oxygens (including phenoxy) is 2. The molecule has 260 valence electrons. The van der Waals surface area contributed by atoms with E-state index in [0.29, 0.717) is 59.8 Å². The van der Waals surface area contributed by atoms with Gasteiger partial charge in [0.2, 0.25) is 16.0 Å². The van der Waals surface area contributed by atoms with Gasteiger partial charge >= 0.3 is 0 Å². The van der Waals surface area contributed by atoms with E-state index in [4.69, 9.17) is 21.1 Å². The number of aryl methyl sites for hydroxylation is 1. The first kappa shape index (κ1) is 34.3. The molecule has 3 aromatic rings. The van der Waals surface area contributed by atoms with Crippen molar-refractivity contribution < 1.29 is 17.9 Å². The number of likely N-dealkylation sites (tertiary alicyclic amines) is 1. The molecule has 0 saturated carbocycles. The first-order valence-corrected chi connectivity index (χ1v) is 18.8. The average Bonchev–Trinajstić information content (AvgIpc) is 3.53. The van der Waals surface area contributed by atoms with Crippen molar-refractivity contribution in [2.24, 2.45) is 0 Å². The molecule has 12 nitrogen and oxygen atoms in total. The summed E-state index contributed by atoms with van der Waals surface area (Å²) < 4.78 is 37.8. The number of halogens is 1. The Hall–Kier alpha value is -3.52. The van der Waals surface area contributed by atoms with Crippen molar-refractivity contribution in [3.63, 3.8) is 0 Å². The molecule has 1 atom stereocenters. The number of sulfonamides is 1. The lowest BCUT2D eigenvalue weighted by molar-refractivity contribution is 0.0846. The Bertz CT molecular complexity index is 1750. The van der Waals surface area contributed by atoms with Gasteiger partial charge in [-0.2, -0.15) is 4.98 Å². The molecule has 6 rings (SSSR count). The van der Waals surface area contributed by atoms with Crippen molar-refractivity contribution in [2.45, 2.75) is 51.1 Å². The lowest BCUT2D eigenvalue weighted by Gasteiger charge is -2.44. The number of methoxy groups -OCH3 is 1. The summed E-state index contributed by atoms with van der Waals surface area (Å²) in [5, 5.41) is 6.81. The number of anilines is 6. The smallest absolute Gasteiger partial charge is 0.232 e. The number of hydrogen-bond acceptors (Lipinski definition) is 11. The van der Waals surface area contributed by atoms with Crippen LogP contribution in [0.3, 0.4) is 0 Å². The van der Waals surface area contributed by atoms with Gasteiger partial charge in [0.05, 0.1) is 43.2 Å². The average molecular weight is 699 g/mol. The number of nitrogens with zero attached hydrogens (tertiary/aromatic N) is 6. The minimum Gasteiger partial charge on any atom is -0.494 e. The summed E-state index contributed by atoms with van der Waals surface area (Å²) in [6, 6.07) is 9.04. The topological polar surface area (TPSA) is 115 Å². The number of rotatable bonds is 10. The van der Waals surface area contributed by atoms with Crippen LogP contribution in [0.15, 0.2) is 30.5 Å². The second kappa shape index (κ2) is 14.1. The third kappa shape index (κ3) is 7.39. The Balaban J connectivity index is 1.18. The number of likely N-dealkylation sites (N-methyl/N-ethyl adjacent to an activating group) is 1. The normalized spacial score (nSPS) is 18.8. The van der Waals surface area contributed by atoms with Crippen molar-refractivity contribution in [2.75, 3.05) is 87.1 Å². The molecule has 14 heteroatoms. The molecule has 3 aliphatic rings. The Morgan fingerprint density at radius 1 is 1.04 bits per heavy atom. The van der Waals surface area contributed by atoms with Gasteiger partial charge in [0.25, 0.3) is 0 Å². The predicted octanol–water partition coefficient (Wildman–Crippen LogP) is 5.26. The number of fused-ring (bicyclic) bond motifs is 1. The van der Waals surface area contributed by atoms with Gasteiger partial charge in [0.1, 0.15) is 16.5 Å². The third-order valence-electron chi connectivity index (χ3n) is 9.89. The van der Waals surface area contributed by atoms with Gasteiger partial charge in [0.15, 0.2) is 5.82 Å². The number of aromatic nitrogens is 2. The first-order chi connectivity index (χ1) is 22.9. The molecule has 1 unspecified atom stereocenters. The van der Waals surface area contributed by atoms with Crippen LogP contribution in [0.5, 0.6) is 11.5 Å². The van der Waals surface area contributed by atoms with Gasteiger partial charge in [-0.15, -0.1) is 0 Å². The Kier molecular flexibility index (Phi) is 10.1. The summed E-state index contributed by atoms with van der Waals surface area (Å²) in [5.74, 6) is 2.00. The molecule has 4 heterocycles. The van der Waals surface area contributed by atoms with E-state index >= 15 is 0 Å². The van der Waals surface area contributed by atoms with Crippen LogP contribution in [-0.4, -0.2) is 108 Å². The second-order valence-corrected chi connectivity index (χ2v) is 15.7. The standard InChI is InChI=1S/C34H47ClN8O4S/c1-22-16-28(32(46-5)19-29(22)42-13-9-24(10-14-42)43-12-7-8-25(21-43)40(2)3)38-34-36-20-26(35)33(39-34)37-27-18-31-23(11-15-47-31)17-30(27)41(4)48(6,44)45/h16-20,24-25H,7-15,21H2,1-6H3,(H2,36,37,38,39). The molecule has 0 aliphatic carbocycles. The molecule has 0 bridgehead atoms. The molecule has 2 aromatic carbocycles. The fourth-order valence-corrected chi connectivity index (χ4v) is 7.65. The zero-order valence-electron chi connectivity index (χ0n) is 28.7. The maximum atomic E-state index is 12.5. The Labute approximate surface area is 289 Å². The highest BCUT2D eigenvalue weighted by Gasteiger charge is 2.30. The van der Waals surface area contributed by atoms with E-state index in [2.05, 4.69) is 68.5 Å². The Morgan fingerprint density at radius 2 is 1.81 bits per heavy atom. The fourth-order valence-electron chi connectivity index (χ4n) is 7.01. The maximum absolute atomic E-state index is 12.5. The van der Waals surface area contributed by atoms with Crippen molar-refractivity contribution in [1.29, 1.82) is 0 Å². The highest BCUT2D eigenvalue weighted by Crippen LogP contribution is 2.40. The number of piperidine rings is 2. The van der Waals surface area contributed by atoms with Crippen LogP contribution in [0, 0.1) is 6.92 Å². The van der Waals surface area contributed by atoms with Crippen LogP contribution in [0.1, 0.15) is 36.8 Å². The lowest BCUT2D eigenvalue weighted by Crippen LogP contribution is -2.52. The van der Waals surface area contributed by atoms with Crippen molar-refractivity contribution in [1.82, 2.24) is 19.8 Å². The van der Waals surface area contributed by atoms with E-state index in [1.807, 2.05) is 6.07 Å². The minimum atomic E-state index is -3.53. The van der Waals surface area contributed by atoms with Crippen molar-refractivity contribution >= 4 is 56.1 Å². The molecule has 0 radical (unpaired) electrons. The zero-order valence-corrected chi connectivity index (χ0v) is 30.3. The number of nitrogens with one attached hydrogen (secondary N) is 2. The first-order valence-electron chi connectivity index (χ1n) is 16.6. The summed E-state index contributed by atoms with van der Waals surface area (Å²) >= 11 is 6.55. The summed E-state index contributed by atoms with van der Waals surface area (Å²) in [4.78, 5) is 16.6. The van der Waals surface area contributed by atoms with Crippen LogP contribution in [0.4, 0.5) is 34.5 Å². The van der Waals surface area contributed by atoms with Gasteiger partial charge < -0.3 is 29.9 Å². The molecule has 1 aromatic heterocycles. The highest BCUT2D eigenvalue weighted by molar-refractivity contribution is 7.92. The summed E-state index contributed by atoms with van der Waals surface area (Å²) in [6.07, 6.45) is 8.23. The molecule has 2 saturated heterocycles. The highest BCUT2D eigenvalue weighted by atomic mass is 35.5. The molecule has 3 aliphatic heterocycles. The molecule has 0 amide bonds. The summed E-state index contributed by atoms with van der Waals surface area (Å²) in [6.45, 7) is 7.03.